The average Bonchev–Trinajstić information content (AvgIpc) is 2.48. The molecular formula is C16H19N3O2S. The van der Waals surface area contributed by atoms with Crippen LogP contribution >= 0.6 is 12.2 Å². The molecule has 0 unspecified atom stereocenters. The van der Waals surface area contributed by atoms with Crippen molar-refractivity contribution >= 4 is 12.2 Å². The van der Waals surface area contributed by atoms with Gasteiger partial charge in [0.2, 0.25) is 0 Å². The molecule has 116 valence electrons. The van der Waals surface area contributed by atoms with Crippen molar-refractivity contribution in [2.24, 2.45) is 0 Å². The molecule has 2 N–H and O–H groups in total. The molecule has 0 saturated heterocycles. The molecule has 1 aliphatic heterocycles. The minimum absolute atomic E-state index is 0.0773. The first-order valence-corrected chi connectivity index (χ1v) is 7.85. The van der Waals surface area contributed by atoms with E-state index in [1.54, 1.807) is 0 Å². The smallest absolute Gasteiger partial charge is 0.256 e. The van der Waals surface area contributed by atoms with Crippen molar-refractivity contribution in [2.45, 2.75) is 26.4 Å². The first-order chi connectivity index (χ1) is 10.7. The number of ether oxygens (including phenoxy) is 1. The van der Waals surface area contributed by atoms with Gasteiger partial charge in [-0.1, -0.05) is 12.1 Å². The molecule has 0 radical (unpaired) electrons. The van der Waals surface area contributed by atoms with Gasteiger partial charge in [-0.15, -0.1) is 0 Å². The summed E-state index contributed by atoms with van der Waals surface area (Å²) in [5.41, 5.74) is 2.87. The van der Waals surface area contributed by atoms with E-state index in [0.29, 0.717) is 17.9 Å². The van der Waals surface area contributed by atoms with Gasteiger partial charge in [0.1, 0.15) is 5.75 Å². The molecule has 2 aromatic rings. The summed E-state index contributed by atoms with van der Waals surface area (Å²) in [5.74, 6) is 0.888. The Morgan fingerprint density at radius 1 is 1.36 bits per heavy atom. The molecule has 0 spiro atoms. The van der Waals surface area contributed by atoms with Crippen LogP contribution in [0.5, 0.6) is 5.75 Å². The number of nitrogens with zero attached hydrogens (tertiary/aromatic N) is 1. The van der Waals surface area contributed by atoms with Crippen LogP contribution in [-0.4, -0.2) is 28.0 Å². The molecule has 3 rings (SSSR count). The third-order valence-corrected chi connectivity index (χ3v) is 4.01. The summed E-state index contributed by atoms with van der Waals surface area (Å²) in [6.45, 7) is 4.98. The maximum absolute atomic E-state index is 12.0. The van der Waals surface area contributed by atoms with E-state index in [9.17, 15) is 4.79 Å². The first kappa shape index (κ1) is 15.0. The fraction of sp³-hybridized carbons (Fsp3) is 0.375. The van der Waals surface area contributed by atoms with Crippen LogP contribution in [0.2, 0.25) is 0 Å². The van der Waals surface area contributed by atoms with Crippen LogP contribution in [0.25, 0.3) is 0 Å². The number of aromatic nitrogens is 2. The SMILES string of the molecule is CCOc1cccc(CN2CCc3[nH]c(=S)[nH]c(=O)c3C2)c1. The second-order valence-corrected chi connectivity index (χ2v) is 5.81. The highest BCUT2D eigenvalue weighted by Crippen LogP contribution is 2.19. The van der Waals surface area contributed by atoms with Gasteiger partial charge in [0.25, 0.3) is 5.56 Å². The predicted octanol–water partition coefficient (Wildman–Crippen LogP) is 2.39. The summed E-state index contributed by atoms with van der Waals surface area (Å²) in [4.78, 5) is 20.1. The number of H-pyrrole nitrogens is 2. The van der Waals surface area contributed by atoms with E-state index in [1.165, 1.54) is 5.56 Å². The molecule has 0 amide bonds. The van der Waals surface area contributed by atoms with Gasteiger partial charge in [-0.2, -0.15) is 0 Å². The lowest BCUT2D eigenvalue weighted by Gasteiger charge is -2.27. The van der Waals surface area contributed by atoms with Gasteiger partial charge < -0.3 is 9.72 Å². The monoisotopic (exact) mass is 317 g/mol. The molecule has 0 saturated carbocycles. The zero-order chi connectivity index (χ0) is 15.5. The number of benzene rings is 1. The number of aromatic amines is 2. The molecule has 0 atom stereocenters. The number of nitrogens with one attached hydrogen (secondary N) is 2. The molecule has 0 fully saturated rings. The van der Waals surface area contributed by atoms with Gasteiger partial charge in [-0.3, -0.25) is 14.7 Å². The van der Waals surface area contributed by atoms with Crippen LogP contribution in [0.15, 0.2) is 29.1 Å². The molecule has 0 bridgehead atoms. The molecule has 0 aliphatic carbocycles. The van der Waals surface area contributed by atoms with Crippen molar-refractivity contribution in [1.29, 1.82) is 0 Å². The van der Waals surface area contributed by atoms with Crippen molar-refractivity contribution in [1.82, 2.24) is 14.9 Å². The van der Waals surface area contributed by atoms with E-state index in [4.69, 9.17) is 17.0 Å². The van der Waals surface area contributed by atoms with Crippen LogP contribution in [0.1, 0.15) is 23.7 Å². The van der Waals surface area contributed by atoms with Gasteiger partial charge in [0, 0.05) is 31.7 Å². The quantitative estimate of drug-likeness (QED) is 0.850. The van der Waals surface area contributed by atoms with E-state index in [1.807, 2.05) is 19.1 Å². The third-order valence-electron chi connectivity index (χ3n) is 3.81. The van der Waals surface area contributed by atoms with Gasteiger partial charge in [-0.25, -0.2) is 0 Å². The van der Waals surface area contributed by atoms with Crippen molar-refractivity contribution < 1.29 is 4.74 Å². The van der Waals surface area contributed by atoms with Crippen LogP contribution in [-0.2, 0) is 19.5 Å². The maximum atomic E-state index is 12.0. The highest BCUT2D eigenvalue weighted by molar-refractivity contribution is 7.71. The lowest BCUT2D eigenvalue weighted by Crippen LogP contribution is -2.35. The molecule has 6 heteroatoms. The maximum Gasteiger partial charge on any atom is 0.256 e. The van der Waals surface area contributed by atoms with Crippen molar-refractivity contribution in [3.63, 3.8) is 0 Å². The molecule has 1 aromatic heterocycles. The minimum atomic E-state index is -0.0773. The minimum Gasteiger partial charge on any atom is -0.494 e. The van der Waals surface area contributed by atoms with Gasteiger partial charge >= 0.3 is 0 Å². The number of hydrogen-bond acceptors (Lipinski definition) is 4. The van der Waals surface area contributed by atoms with Crippen LogP contribution in [0, 0.1) is 4.77 Å². The highest BCUT2D eigenvalue weighted by atomic mass is 32.1. The van der Waals surface area contributed by atoms with E-state index >= 15 is 0 Å². The van der Waals surface area contributed by atoms with Gasteiger partial charge in [0.05, 0.1) is 12.2 Å². The van der Waals surface area contributed by atoms with Crippen LogP contribution < -0.4 is 10.3 Å². The van der Waals surface area contributed by atoms with Crippen LogP contribution in [0.4, 0.5) is 0 Å². The zero-order valence-electron chi connectivity index (χ0n) is 12.5. The Morgan fingerprint density at radius 2 is 2.23 bits per heavy atom. The molecule has 1 aliphatic rings. The number of rotatable bonds is 4. The fourth-order valence-electron chi connectivity index (χ4n) is 2.81. The normalized spacial score (nSPS) is 14.6. The van der Waals surface area contributed by atoms with Crippen molar-refractivity contribution in [2.75, 3.05) is 13.2 Å². The number of hydrogen-bond donors (Lipinski definition) is 2. The third kappa shape index (κ3) is 3.28. The second kappa shape index (κ2) is 6.46. The fourth-order valence-corrected chi connectivity index (χ4v) is 3.02. The summed E-state index contributed by atoms with van der Waals surface area (Å²) >= 11 is 5.02. The van der Waals surface area contributed by atoms with Gasteiger partial charge in [0.15, 0.2) is 4.77 Å². The Labute approximate surface area is 134 Å². The van der Waals surface area contributed by atoms with E-state index in [-0.39, 0.29) is 5.56 Å². The molecular weight excluding hydrogens is 298 g/mol. The van der Waals surface area contributed by atoms with E-state index in [0.717, 1.165) is 36.5 Å². The Morgan fingerprint density at radius 3 is 3.05 bits per heavy atom. The topological polar surface area (TPSA) is 61.1 Å². The summed E-state index contributed by atoms with van der Waals surface area (Å²) in [6.07, 6.45) is 0.814. The zero-order valence-corrected chi connectivity index (χ0v) is 13.3. The van der Waals surface area contributed by atoms with Crippen molar-refractivity contribution in [3.05, 3.63) is 56.2 Å². The largest absolute Gasteiger partial charge is 0.494 e. The summed E-state index contributed by atoms with van der Waals surface area (Å²) < 4.78 is 5.94. The predicted molar refractivity (Wildman–Crippen MR) is 87.7 cm³/mol. The Balaban J connectivity index is 1.76. The second-order valence-electron chi connectivity index (χ2n) is 5.41. The molecule has 22 heavy (non-hydrogen) atoms. The average molecular weight is 317 g/mol. The molecule has 2 heterocycles. The number of fused-ring (bicyclic) bond motifs is 1. The van der Waals surface area contributed by atoms with Gasteiger partial charge in [-0.05, 0) is 36.8 Å². The molecule has 1 aromatic carbocycles. The van der Waals surface area contributed by atoms with Crippen molar-refractivity contribution in [3.8, 4) is 5.75 Å². The molecule has 5 nitrogen and oxygen atoms in total. The summed E-state index contributed by atoms with van der Waals surface area (Å²) in [5, 5.41) is 0. The summed E-state index contributed by atoms with van der Waals surface area (Å²) in [7, 11) is 0. The first-order valence-electron chi connectivity index (χ1n) is 7.44. The summed E-state index contributed by atoms with van der Waals surface area (Å²) in [6, 6.07) is 8.11. The van der Waals surface area contributed by atoms with E-state index < -0.39 is 0 Å². The Hall–Kier alpha value is -1.92. The Bertz CT molecular complexity index is 781. The van der Waals surface area contributed by atoms with E-state index in [2.05, 4.69) is 27.0 Å². The Kier molecular flexibility index (Phi) is 4.40. The lowest BCUT2D eigenvalue weighted by atomic mass is 10.1. The lowest BCUT2D eigenvalue weighted by molar-refractivity contribution is 0.241. The standard InChI is InChI=1S/C16H19N3O2S/c1-2-21-12-5-3-4-11(8-12)9-19-7-6-14-13(10-19)15(20)18-16(22)17-14/h3-5,8H,2,6-7,9-10H2,1H3,(H2,17,18,20,22). The highest BCUT2D eigenvalue weighted by Gasteiger charge is 2.19. The van der Waals surface area contributed by atoms with Crippen LogP contribution in [0.3, 0.4) is 0 Å².